The summed E-state index contributed by atoms with van der Waals surface area (Å²) >= 11 is 0. The van der Waals surface area contributed by atoms with Crippen molar-refractivity contribution in [3.8, 4) is 0 Å². The first-order valence-corrected chi connectivity index (χ1v) is 9.56. The van der Waals surface area contributed by atoms with Gasteiger partial charge in [0, 0.05) is 29.9 Å². The third-order valence-electron chi connectivity index (χ3n) is 4.81. The van der Waals surface area contributed by atoms with Gasteiger partial charge in [0.15, 0.2) is 0 Å². The van der Waals surface area contributed by atoms with E-state index in [1.165, 1.54) is 0 Å². The smallest absolute Gasteiger partial charge is 0.255 e. The minimum atomic E-state index is -0.432. The SMILES string of the molecule is CCNC(=O)C1CCCN1C(=O)c1cccc(NC(=O)c2cccc(C)c2)c1. The van der Waals surface area contributed by atoms with Gasteiger partial charge in [-0.05, 0) is 57.0 Å². The maximum absolute atomic E-state index is 13.0. The number of aryl methyl sites for hydroxylation is 1. The number of likely N-dealkylation sites (tertiary alicyclic amines) is 1. The number of benzene rings is 2. The Balaban J connectivity index is 1.74. The molecule has 1 heterocycles. The van der Waals surface area contributed by atoms with E-state index in [1.807, 2.05) is 32.0 Å². The van der Waals surface area contributed by atoms with E-state index < -0.39 is 6.04 Å². The number of carbonyl (C=O) groups excluding carboxylic acids is 3. The van der Waals surface area contributed by atoms with Crippen molar-refractivity contribution >= 4 is 23.4 Å². The number of hydrogen-bond acceptors (Lipinski definition) is 3. The van der Waals surface area contributed by atoms with Crippen LogP contribution in [-0.4, -0.2) is 41.8 Å². The molecule has 0 spiro atoms. The van der Waals surface area contributed by atoms with Gasteiger partial charge in [0.1, 0.15) is 6.04 Å². The molecule has 0 aromatic heterocycles. The standard InChI is InChI=1S/C22H25N3O3/c1-3-23-21(27)19-11-6-12-25(19)22(28)17-9-5-10-18(14-17)24-20(26)16-8-4-7-15(2)13-16/h4-5,7-10,13-14,19H,3,6,11-12H2,1-2H3,(H,23,27)(H,24,26). The molecule has 1 saturated heterocycles. The van der Waals surface area contributed by atoms with Crippen LogP contribution in [-0.2, 0) is 4.79 Å². The summed E-state index contributed by atoms with van der Waals surface area (Å²) in [4.78, 5) is 39.3. The molecule has 0 radical (unpaired) electrons. The summed E-state index contributed by atoms with van der Waals surface area (Å²) in [6.07, 6.45) is 1.47. The molecular formula is C22H25N3O3. The fourth-order valence-corrected chi connectivity index (χ4v) is 3.46. The quantitative estimate of drug-likeness (QED) is 0.838. The molecule has 0 aliphatic carbocycles. The van der Waals surface area contributed by atoms with Gasteiger partial charge >= 0.3 is 0 Å². The second-order valence-corrected chi connectivity index (χ2v) is 6.96. The van der Waals surface area contributed by atoms with Crippen LogP contribution in [0.1, 0.15) is 46.0 Å². The number of amides is 3. The molecule has 0 bridgehead atoms. The minimum absolute atomic E-state index is 0.114. The predicted octanol–water partition coefficient (Wildman–Crippen LogP) is 2.99. The Morgan fingerprint density at radius 1 is 1.07 bits per heavy atom. The number of nitrogens with one attached hydrogen (secondary N) is 2. The van der Waals surface area contributed by atoms with E-state index in [0.717, 1.165) is 12.0 Å². The van der Waals surface area contributed by atoms with Gasteiger partial charge in [0.2, 0.25) is 5.91 Å². The molecule has 1 unspecified atom stereocenters. The summed E-state index contributed by atoms with van der Waals surface area (Å²) in [5.74, 6) is -0.535. The van der Waals surface area contributed by atoms with Crippen LogP contribution in [0.25, 0.3) is 0 Å². The fourth-order valence-electron chi connectivity index (χ4n) is 3.46. The van der Waals surface area contributed by atoms with Crippen molar-refractivity contribution in [3.05, 3.63) is 65.2 Å². The van der Waals surface area contributed by atoms with Crippen molar-refractivity contribution in [2.45, 2.75) is 32.7 Å². The van der Waals surface area contributed by atoms with Crippen LogP contribution in [0, 0.1) is 6.92 Å². The van der Waals surface area contributed by atoms with Crippen molar-refractivity contribution in [2.24, 2.45) is 0 Å². The minimum Gasteiger partial charge on any atom is -0.355 e. The maximum Gasteiger partial charge on any atom is 0.255 e. The Hall–Kier alpha value is -3.15. The highest BCUT2D eigenvalue weighted by molar-refractivity contribution is 6.05. The van der Waals surface area contributed by atoms with Gasteiger partial charge in [-0.1, -0.05) is 23.8 Å². The van der Waals surface area contributed by atoms with Crippen LogP contribution in [0.15, 0.2) is 48.5 Å². The Morgan fingerprint density at radius 3 is 2.57 bits per heavy atom. The molecule has 0 saturated carbocycles. The van der Waals surface area contributed by atoms with Crippen molar-refractivity contribution in [1.82, 2.24) is 10.2 Å². The molecule has 3 amide bonds. The van der Waals surface area contributed by atoms with E-state index in [-0.39, 0.29) is 17.7 Å². The van der Waals surface area contributed by atoms with Crippen molar-refractivity contribution in [1.29, 1.82) is 0 Å². The van der Waals surface area contributed by atoms with E-state index in [2.05, 4.69) is 10.6 Å². The number of hydrogen-bond donors (Lipinski definition) is 2. The number of carbonyl (C=O) groups is 3. The van der Waals surface area contributed by atoms with Gasteiger partial charge < -0.3 is 15.5 Å². The van der Waals surface area contributed by atoms with Gasteiger partial charge in [0.05, 0.1) is 0 Å². The van der Waals surface area contributed by atoms with Gasteiger partial charge in [0.25, 0.3) is 11.8 Å². The first-order valence-electron chi connectivity index (χ1n) is 9.56. The van der Waals surface area contributed by atoms with E-state index >= 15 is 0 Å². The number of anilines is 1. The number of rotatable bonds is 5. The van der Waals surface area contributed by atoms with Gasteiger partial charge in [-0.3, -0.25) is 14.4 Å². The largest absolute Gasteiger partial charge is 0.355 e. The molecule has 1 aliphatic rings. The van der Waals surface area contributed by atoms with E-state index in [0.29, 0.717) is 36.3 Å². The summed E-state index contributed by atoms with van der Waals surface area (Å²) in [5, 5.41) is 5.63. The second-order valence-electron chi connectivity index (χ2n) is 6.96. The van der Waals surface area contributed by atoms with Crippen LogP contribution >= 0.6 is 0 Å². The van der Waals surface area contributed by atoms with Gasteiger partial charge in [-0.15, -0.1) is 0 Å². The Kier molecular flexibility index (Phi) is 6.09. The predicted molar refractivity (Wildman–Crippen MR) is 108 cm³/mol. The summed E-state index contributed by atoms with van der Waals surface area (Å²) in [7, 11) is 0. The lowest BCUT2D eigenvalue weighted by atomic mass is 10.1. The number of likely N-dealkylation sites (N-methyl/N-ethyl adjacent to an activating group) is 1. The zero-order valence-corrected chi connectivity index (χ0v) is 16.2. The molecule has 146 valence electrons. The van der Waals surface area contributed by atoms with Gasteiger partial charge in [-0.25, -0.2) is 0 Å². The molecule has 1 fully saturated rings. The van der Waals surface area contributed by atoms with E-state index in [9.17, 15) is 14.4 Å². The summed E-state index contributed by atoms with van der Waals surface area (Å²) < 4.78 is 0. The van der Waals surface area contributed by atoms with Crippen LogP contribution in [0.2, 0.25) is 0 Å². The second kappa shape index (κ2) is 8.69. The zero-order chi connectivity index (χ0) is 20.1. The lowest BCUT2D eigenvalue weighted by molar-refractivity contribution is -0.124. The highest BCUT2D eigenvalue weighted by atomic mass is 16.2. The Morgan fingerprint density at radius 2 is 1.82 bits per heavy atom. The zero-order valence-electron chi connectivity index (χ0n) is 16.2. The average molecular weight is 379 g/mol. The van der Waals surface area contributed by atoms with E-state index in [4.69, 9.17) is 0 Å². The first kappa shape index (κ1) is 19.6. The molecular weight excluding hydrogens is 354 g/mol. The normalized spacial score (nSPS) is 15.9. The molecule has 2 aromatic rings. The third-order valence-corrected chi connectivity index (χ3v) is 4.81. The highest BCUT2D eigenvalue weighted by Gasteiger charge is 2.34. The topological polar surface area (TPSA) is 78.5 Å². The summed E-state index contributed by atoms with van der Waals surface area (Å²) in [6, 6.07) is 13.7. The van der Waals surface area contributed by atoms with Crippen LogP contribution in [0.5, 0.6) is 0 Å². The monoisotopic (exact) mass is 379 g/mol. The first-order chi connectivity index (χ1) is 13.5. The van der Waals surface area contributed by atoms with Gasteiger partial charge in [-0.2, -0.15) is 0 Å². The van der Waals surface area contributed by atoms with Crippen LogP contribution in [0.4, 0.5) is 5.69 Å². The molecule has 2 aromatic carbocycles. The van der Waals surface area contributed by atoms with Crippen molar-refractivity contribution < 1.29 is 14.4 Å². The number of nitrogens with zero attached hydrogens (tertiary/aromatic N) is 1. The van der Waals surface area contributed by atoms with Crippen molar-refractivity contribution in [3.63, 3.8) is 0 Å². The summed E-state index contributed by atoms with van der Waals surface area (Å²) in [6.45, 7) is 4.88. The fraction of sp³-hybridized carbons (Fsp3) is 0.318. The highest BCUT2D eigenvalue weighted by Crippen LogP contribution is 2.22. The van der Waals surface area contributed by atoms with Crippen LogP contribution in [0.3, 0.4) is 0 Å². The van der Waals surface area contributed by atoms with Crippen LogP contribution < -0.4 is 10.6 Å². The molecule has 3 rings (SSSR count). The molecule has 28 heavy (non-hydrogen) atoms. The van der Waals surface area contributed by atoms with Crippen molar-refractivity contribution in [2.75, 3.05) is 18.4 Å². The molecule has 6 heteroatoms. The molecule has 2 N–H and O–H groups in total. The molecule has 1 aliphatic heterocycles. The lowest BCUT2D eigenvalue weighted by Gasteiger charge is -2.24. The Bertz CT molecular complexity index is 894. The lowest BCUT2D eigenvalue weighted by Crippen LogP contribution is -2.45. The Labute approximate surface area is 164 Å². The van der Waals surface area contributed by atoms with E-state index in [1.54, 1.807) is 35.2 Å². The summed E-state index contributed by atoms with van der Waals surface area (Å²) in [5.41, 5.74) is 2.57. The maximum atomic E-state index is 13.0. The average Bonchev–Trinajstić information content (AvgIpc) is 3.18. The molecule has 6 nitrogen and oxygen atoms in total. The molecule has 1 atom stereocenters. The third kappa shape index (κ3) is 4.39.